The Bertz CT molecular complexity index is 799. The minimum absolute atomic E-state index is 0.244. The molecule has 0 bridgehead atoms. The Morgan fingerprint density at radius 3 is 2.52 bits per heavy atom. The van der Waals surface area contributed by atoms with E-state index in [0.29, 0.717) is 0 Å². The third-order valence-corrected chi connectivity index (χ3v) is 4.32. The van der Waals surface area contributed by atoms with E-state index in [4.69, 9.17) is 0 Å². The maximum absolute atomic E-state index is 10.0. The number of fused-ring (bicyclic) bond motifs is 1. The highest BCUT2D eigenvalue weighted by Crippen LogP contribution is 2.27. The number of rotatable bonds is 3. The first kappa shape index (κ1) is 14.2. The number of phenols is 1. The van der Waals surface area contributed by atoms with Crippen molar-refractivity contribution < 1.29 is 5.11 Å². The lowest BCUT2D eigenvalue weighted by Gasteiger charge is -2.04. The first-order chi connectivity index (χ1) is 10.2. The number of aromatic hydroxyl groups is 1. The van der Waals surface area contributed by atoms with Crippen molar-refractivity contribution in [3.8, 4) is 5.75 Å². The first-order valence-electron chi connectivity index (χ1n) is 6.41. The van der Waals surface area contributed by atoms with E-state index in [2.05, 4.69) is 20.3 Å². The molecule has 0 aromatic heterocycles. The second kappa shape index (κ2) is 6.33. The highest BCUT2D eigenvalue weighted by molar-refractivity contribution is 9.10. The zero-order chi connectivity index (χ0) is 14.7. The van der Waals surface area contributed by atoms with Crippen molar-refractivity contribution in [3.05, 3.63) is 70.7 Å². The van der Waals surface area contributed by atoms with Gasteiger partial charge in [-0.05, 0) is 41.1 Å². The van der Waals surface area contributed by atoms with Crippen molar-refractivity contribution in [2.45, 2.75) is 4.90 Å². The summed E-state index contributed by atoms with van der Waals surface area (Å²) in [4.78, 5) is 1.05. The van der Waals surface area contributed by atoms with Gasteiger partial charge in [0.25, 0.3) is 0 Å². The SMILES string of the molecule is Oc1ccc2ccccc2c1/C=N/Sc1ccc(Br)cc1. The first-order valence-corrected chi connectivity index (χ1v) is 7.97. The van der Waals surface area contributed by atoms with Crippen LogP contribution in [0.15, 0.2) is 74.4 Å². The van der Waals surface area contributed by atoms with Crippen LogP contribution in [0, 0.1) is 0 Å². The maximum Gasteiger partial charge on any atom is 0.125 e. The van der Waals surface area contributed by atoms with Crippen LogP contribution in [-0.4, -0.2) is 11.3 Å². The molecule has 4 heteroatoms. The fraction of sp³-hybridized carbons (Fsp3) is 0. The van der Waals surface area contributed by atoms with Crippen LogP contribution in [0.5, 0.6) is 5.75 Å². The number of hydrogen-bond acceptors (Lipinski definition) is 3. The molecule has 1 N–H and O–H groups in total. The van der Waals surface area contributed by atoms with Crippen LogP contribution in [0.25, 0.3) is 10.8 Å². The van der Waals surface area contributed by atoms with Gasteiger partial charge in [-0.3, -0.25) is 0 Å². The van der Waals surface area contributed by atoms with Gasteiger partial charge in [0, 0.05) is 33.1 Å². The van der Waals surface area contributed by atoms with E-state index in [0.717, 1.165) is 25.7 Å². The molecule has 3 aromatic carbocycles. The second-order valence-electron chi connectivity index (χ2n) is 4.50. The summed E-state index contributed by atoms with van der Waals surface area (Å²) in [6, 6.07) is 19.5. The zero-order valence-electron chi connectivity index (χ0n) is 11.0. The van der Waals surface area contributed by atoms with Gasteiger partial charge in [-0.15, -0.1) is 0 Å². The molecular formula is C17H12BrNOS. The van der Waals surface area contributed by atoms with Gasteiger partial charge in [0.1, 0.15) is 5.75 Å². The highest BCUT2D eigenvalue weighted by atomic mass is 79.9. The smallest absolute Gasteiger partial charge is 0.125 e. The molecule has 0 aliphatic carbocycles. The molecule has 0 saturated heterocycles. The van der Waals surface area contributed by atoms with Crippen molar-refractivity contribution in [2.24, 2.45) is 4.40 Å². The Balaban J connectivity index is 1.89. The number of hydrogen-bond donors (Lipinski definition) is 1. The monoisotopic (exact) mass is 357 g/mol. The minimum atomic E-state index is 0.244. The van der Waals surface area contributed by atoms with Crippen LogP contribution in [0.2, 0.25) is 0 Å². The van der Waals surface area contributed by atoms with Crippen LogP contribution in [0.3, 0.4) is 0 Å². The quantitative estimate of drug-likeness (QED) is 0.500. The van der Waals surface area contributed by atoms with E-state index < -0.39 is 0 Å². The van der Waals surface area contributed by atoms with E-state index in [1.807, 2.05) is 54.6 Å². The van der Waals surface area contributed by atoms with Crippen molar-refractivity contribution in [2.75, 3.05) is 0 Å². The largest absolute Gasteiger partial charge is 0.507 e. The third kappa shape index (κ3) is 3.28. The third-order valence-electron chi connectivity index (χ3n) is 3.10. The van der Waals surface area contributed by atoms with E-state index >= 15 is 0 Å². The Morgan fingerprint density at radius 2 is 1.71 bits per heavy atom. The minimum Gasteiger partial charge on any atom is -0.507 e. The molecule has 0 fully saturated rings. The number of halogens is 1. The van der Waals surface area contributed by atoms with E-state index in [-0.39, 0.29) is 5.75 Å². The van der Waals surface area contributed by atoms with Gasteiger partial charge in [0.15, 0.2) is 0 Å². The van der Waals surface area contributed by atoms with Crippen LogP contribution in [0.1, 0.15) is 5.56 Å². The van der Waals surface area contributed by atoms with Crippen molar-refractivity contribution in [3.63, 3.8) is 0 Å². The highest BCUT2D eigenvalue weighted by Gasteiger charge is 2.04. The lowest BCUT2D eigenvalue weighted by atomic mass is 10.0. The predicted octanol–water partition coefficient (Wildman–Crippen LogP) is 5.43. The Morgan fingerprint density at radius 1 is 0.952 bits per heavy atom. The number of nitrogens with zero attached hydrogens (tertiary/aromatic N) is 1. The summed E-state index contributed by atoms with van der Waals surface area (Å²) >= 11 is 4.78. The molecule has 0 atom stereocenters. The molecule has 0 unspecified atom stereocenters. The molecule has 0 spiro atoms. The molecule has 0 saturated carbocycles. The summed E-state index contributed by atoms with van der Waals surface area (Å²) in [6.07, 6.45) is 1.71. The fourth-order valence-electron chi connectivity index (χ4n) is 2.06. The Kier molecular flexibility index (Phi) is 4.27. The lowest BCUT2D eigenvalue weighted by molar-refractivity contribution is 0.475. The molecule has 104 valence electrons. The van der Waals surface area contributed by atoms with Gasteiger partial charge in [-0.25, -0.2) is 4.40 Å². The van der Waals surface area contributed by atoms with Gasteiger partial charge in [-0.2, -0.15) is 0 Å². The lowest BCUT2D eigenvalue weighted by Crippen LogP contribution is -1.85. The molecule has 0 aliphatic heterocycles. The molecular weight excluding hydrogens is 346 g/mol. The molecule has 2 nitrogen and oxygen atoms in total. The van der Waals surface area contributed by atoms with Gasteiger partial charge in [0.2, 0.25) is 0 Å². The molecule has 21 heavy (non-hydrogen) atoms. The van der Waals surface area contributed by atoms with Crippen LogP contribution < -0.4 is 0 Å². The summed E-state index contributed by atoms with van der Waals surface area (Å²) < 4.78 is 5.41. The standard InChI is InChI=1S/C17H12BrNOS/c18-13-6-8-14(9-7-13)21-19-11-16-15-4-2-1-3-12(15)5-10-17(16)20/h1-11,20H/b19-11+. The summed E-state index contributed by atoms with van der Waals surface area (Å²) in [5.41, 5.74) is 0.748. The second-order valence-corrected chi connectivity index (χ2v) is 6.28. The molecule has 3 rings (SSSR count). The van der Waals surface area contributed by atoms with E-state index in [1.165, 1.54) is 11.9 Å². The Hall–Kier alpha value is -1.78. The summed E-state index contributed by atoms with van der Waals surface area (Å²) in [5, 5.41) is 12.1. The van der Waals surface area contributed by atoms with Gasteiger partial charge in [0.05, 0.1) is 0 Å². The summed E-state index contributed by atoms with van der Waals surface area (Å²) in [5.74, 6) is 0.244. The molecule has 0 heterocycles. The number of phenolic OH excluding ortho intramolecular Hbond substituents is 1. The average Bonchev–Trinajstić information content (AvgIpc) is 2.51. The topological polar surface area (TPSA) is 32.6 Å². The summed E-state index contributed by atoms with van der Waals surface area (Å²) in [6.45, 7) is 0. The number of benzene rings is 3. The van der Waals surface area contributed by atoms with Crippen LogP contribution >= 0.6 is 27.9 Å². The predicted molar refractivity (Wildman–Crippen MR) is 93.2 cm³/mol. The molecule has 0 amide bonds. The van der Waals surface area contributed by atoms with Crippen LogP contribution in [0.4, 0.5) is 0 Å². The van der Waals surface area contributed by atoms with Gasteiger partial charge in [-0.1, -0.05) is 46.3 Å². The molecule has 0 aliphatic rings. The molecule has 0 radical (unpaired) electrons. The van der Waals surface area contributed by atoms with Gasteiger partial charge >= 0.3 is 0 Å². The van der Waals surface area contributed by atoms with Gasteiger partial charge < -0.3 is 5.11 Å². The Labute approximate surface area is 135 Å². The van der Waals surface area contributed by atoms with E-state index in [1.54, 1.807) is 12.3 Å². The zero-order valence-corrected chi connectivity index (χ0v) is 13.4. The van der Waals surface area contributed by atoms with Crippen LogP contribution in [-0.2, 0) is 0 Å². The maximum atomic E-state index is 10.0. The summed E-state index contributed by atoms with van der Waals surface area (Å²) in [7, 11) is 0. The van der Waals surface area contributed by atoms with Crippen molar-refractivity contribution >= 4 is 44.9 Å². The van der Waals surface area contributed by atoms with E-state index in [9.17, 15) is 5.11 Å². The normalized spacial score (nSPS) is 11.3. The van der Waals surface area contributed by atoms with Crippen molar-refractivity contribution in [1.82, 2.24) is 0 Å². The van der Waals surface area contributed by atoms with Crippen molar-refractivity contribution in [1.29, 1.82) is 0 Å². The average molecular weight is 358 g/mol. The molecule has 3 aromatic rings. The fourth-order valence-corrected chi connectivity index (χ4v) is 2.86.